The van der Waals surface area contributed by atoms with Gasteiger partial charge < -0.3 is 19.6 Å². The molecule has 1 saturated heterocycles. The highest BCUT2D eigenvalue weighted by molar-refractivity contribution is 6.30. The SMILES string of the molecule is C[C@@H](COc1ccccc1-c1ccc(C(=O)N2CCC(N3C(=O)CCc4ncc(Cl)cc43)CC2)c(F)c1)C(=O)O. The zero-order valence-electron chi connectivity index (χ0n) is 22.0. The van der Waals surface area contributed by atoms with E-state index in [1.807, 2.05) is 0 Å². The highest BCUT2D eigenvalue weighted by Crippen LogP contribution is 2.34. The van der Waals surface area contributed by atoms with Gasteiger partial charge in [-0.05, 0) is 49.6 Å². The van der Waals surface area contributed by atoms with Crippen molar-refractivity contribution in [3.05, 3.63) is 76.8 Å². The highest BCUT2D eigenvalue weighted by Gasteiger charge is 2.35. The van der Waals surface area contributed by atoms with Gasteiger partial charge in [0.25, 0.3) is 5.91 Å². The lowest BCUT2D eigenvalue weighted by Gasteiger charge is -2.40. The quantitative estimate of drug-likeness (QED) is 0.421. The lowest BCUT2D eigenvalue weighted by Crippen LogP contribution is -2.50. The van der Waals surface area contributed by atoms with E-state index in [4.69, 9.17) is 21.4 Å². The number of hydrogen-bond donors (Lipinski definition) is 1. The van der Waals surface area contributed by atoms with Gasteiger partial charge in [0.05, 0.1) is 27.9 Å². The van der Waals surface area contributed by atoms with Crippen LogP contribution in [0.4, 0.5) is 10.1 Å². The van der Waals surface area contributed by atoms with Crippen molar-refractivity contribution in [2.75, 3.05) is 24.6 Å². The number of fused-ring (bicyclic) bond motifs is 1. The van der Waals surface area contributed by atoms with Crippen molar-refractivity contribution in [3.8, 4) is 16.9 Å². The number of carbonyl (C=O) groups is 3. The number of aromatic nitrogens is 1. The number of likely N-dealkylation sites (tertiary alicyclic amines) is 1. The van der Waals surface area contributed by atoms with E-state index in [0.717, 1.165) is 11.4 Å². The molecule has 0 bridgehead atoms. The summed E-state index contributed by atoms with van der Waals surface area (Å²) in [6.45, 7) is 2.29. The maximum absolute atomic E-state index is 15.3. The van der Waals surface area contributed by atoms with Crippen LogP contribution in [0.5, 0.6) is 5.75 Å². The van der Waals surface area contributed by atoms with E-state index in [2.05, 4.69) is 4.98 Å². The lowest BCUT2D eigenvalue weighted by atomic mass is 9.97. The summed E-state index contributed by atoms with van der Waals surface area (Å²) in [6, 6.07) is 13.1. The number of rotatable bonds is 7. The number of ether oxygens (including phenoxy) is 1. The molecule has 2 aliphatic heterocycles. The summed E-state index contributed by atoms with van der Waals surface area (Å²) in [5.74, 6) is -2.28. The molecule has 2 amide bonds. The van der Waals surface area contributed by atoms with E-state index in [-0.39, 0.29) is 24.1 Å². The second kappa shape index (κ2) is 11.6. The molecule has 3 heterocycles. The fourth-order valence-electron chi connectivity index (χ4n) is 5.21. The molecule has 0 unspecified atom stereocenters. The summed E-state index contributed by atoms with van der Waals surface area (Å²) in [4.78, 5) is 45.0. The number of halogens is 2. The van der Waals surface area contributed by atoms with Gasteiger partial charge in [0, 0.05) is 43.7 Å². The Labute approximate surface area is 236 Å². The van der Waals surface area contributed by atoms with E-state index < -0.39 is 23.6 Å². The van der Waals surface area contributed by atoms with Crippen LogP contribution in [-0.4, -0.2) is 58.5 Å². The Hall–Kier alpha value is -3.98. The minimum atomic E-state index is -0.968. The number of nitrogens with zero attached hydrogens (tertiary/aromatic N) is 3. The number of aryl methyl sites for hydroxylation is 1. The van der Waals surface area contributed by atoms with Crippen LogP contribution in [0, 0.1) is 11.7 Å². The fourth-order valence-corrected chi connectivity index (χ4v) is 5.36. The maximum Gasteiger partial charge on any atom is 0.309 e. The third-order valence-electron chi connectivity index (χ3n) is 7.44. The number of pyridine rings is 1. The second-order valence-electron chi connectivity index (χ2n) is 10.1. The first-order valence-electron chi connectivity index (χ1n) is 13.2. The van der Waals surface area contributed by atoms with Gasteiger partial charge in [-0.25, -0.2) is 4.39 Å². The average Bonchev–Trinajstić information content (AvgIpc) is 2.95. The van der Waals surface area contributed by atoms with Crippen molar-refractivity contribution in [1.82, 2.24) is 9.88 Å². The number of aliphatic carboxylic acids is 1. The molecule has 2 aliphatic rings. The first kappa shape index (κ1) is 27.6. The van der Waals surface area contributed by atoms with E-state index in [1.165, 1.54) is 12.1 Å². The van der Waals surface area contributed by atoms with Crippen molar-refractivity contribution in [2.24, 2.45) is 5.92 Å². The molecule has 208 valence electrons. The van der Waals surface area contributed by atoms with Crippen molar-refractivity contribution in [2.45, 2.75) is 38.6 Å². The molecule has 1 fully saturated rings. The molecule has 0 spiro atoms. The smallest absolute Gasteiger partial charge is 0.309 e. The van der Waals surface area contributed by atoms with Gasteiger partial charge in [0.15, 0.2) is 0 Å². The second-order valence-corrected chi connectivity index (χ2v) is 10.6. The molecule has 5 rings (SSSR count). The van der Waals surface area contributed by atoms with Crippen LogP contribution in [0.1, 0.15) is 42.2 Å². The number of carboxylic acid groups (broad SMARTS) is 1. The van der Waals surface area contributed by atoms with Crippen molar-refractivity contribution in [1.29, 1.82) is 0 Å². The molecule has 1 atom stereocenters. The summed E-state index contributed by atoms with van der Waals surface area (Å²) in [7, 11) is 0. The van der Waals surface area contributed by atoms with E-state index in [9.17, 15) is 14.4 Å². The van der Waals surface area contributed by atoms with Crippen molar-refractivity contribution >= 4 is 35.1 Å². The van der Waals surface area contributed by atoms with Crippen molar-refractivity contribution < 1.29 is 28.6 Å². The zero-order valence-corrected chi connectivity index (χ0v) is 22.7. The number of para-hydroxylation sites is 1. The molecule has 1 aromatic heterocycles. The predicted octanol–water partition coefficient (Wildman–Crippen LogP) is 5.22. The number of amides is 2. The number of carbonyl (C=O) groups excluding carboxylic acids is 2. The fraction of sp³-hybridized carbons (Fsp3) is 0.333. The minimum Gasteiger partial charge on any atom is -0.492 e. The van der Waals surface area contributed by atoms with Crippen LogP contribution >= 0.6 is 11.6 Å². The molecule has 0 radical (unpaired) electrons. The number of hydrogen-bond acceptors (Lipinski definition) is 5. The van der Waals surface area contributed by atoms with Crippen LogP contribution in [-0.2, 0) is 16.0 Å². The Kier molecular flexibility index (Phi) is 8.02. The average molecular weight is 566 g/mol. The van der Waals surface area contributed by atoms with Gasteiger partial charge >= 0.3 is 5.97 Å². The van der Waals surface area contributed by atoms with Crippen LogP contribution in [0.2, 0.25) is 5.02 Å². The summed E-state index contributed by atoms with van der Waals surface area (Å²) in [5.41, 5.74) is 2.65. The molecular formula is C30H29ClFN3O5. The Morgan fingerprint density at radius 3 is 2.62 bits per heavy atom. The largest absolute Gasteiger partial charge is 0.492 e. The van der Waals surface area contributed by atoms with Crippen LogP contribution in [0.15, 0.2) is 54.7 Å². The predicted molar refractivity (Wildman–Crippen MR) is 148 cm³/mol. The van der Waals surface area contributed by atoms with Crippen LogP contribution < -0.4 is 9.64 Å². The molecule has 2 aromatic carbocycles. The molecule has 10 heteroatoms. The van der Waals surface area contributed by atoms with Gasteiger partial charge in [-0.1, -0.05) is 35.9 Å². The Bertz CT molecular complexity index is 1460. The van der Waals surface area contributed by atoms with Gasteiger partial charge in [-0.3, -0.25) is 19.4 Å². The van der Waals surface area contributed by atoms with E-state index in [1.54, 1.807) is 59.3 Å². The molecule has 0 saturated carbocycles. The summed E-state index contributed by atoms with van der Waals surface area (Å²) < 4.78 is 21.0. The van der Waals surface area contributed by atoms with Crippen LogP contribution in [0.25, 0.3) is 11.1 Å². The van der Waals surface area contributed by atoms with Gasteiger partial charge in [-0.15, -0.1) is 0 Å². The molecule has 0 aliphatic carbocycles. The standard InChI is InChI=1S/C30H29ClFN3O5/c1-18(30(38)39)17-40-27-5-3-2-4-22(27)19-6-7-23(24(32)14-19)29(37)34-12-10-21(11-13-34)35-26-15-20(31)16-33-25(26)8-9-28(35)36/h2-7,14-16,18,21H,8-13,17H2,1H3,(H,38,39)/t18-/m0/s1. The molecule has 1 N–H and O–H groups in total. The maximum atomic E-state index is 15.3. The zero-order chi connectivity index (χ0) is 28.4. The molecule has 40 heavy (non-hydrogen) atoms. The Morgan fingerprint density at radius 2 is 1.90 bits per heavy atom. The number of piperidine rings is 1. The number of carboxylic acids is 1. The summed E-state index contributed by atoms with van der Waals surface area (Å²) in [6.07, 6.45) is 3.66. The minimum absolute atomic E-state index is 0.0182. The van der Waals surface area contributed by atoms with Crippen LogP contribution in [0.3, 0.4) is 0 Å². The molecule has 8 nitrogen and oxygen atoms in total. The summed E-state index contributed by atoms with van der Waals surface area (Å²) >= 11 is 6.16. The summed E-state index contributed by atoms with van der Waals surface area (Å²) in [5, 5.41) is 9.59. The lowest BCUT2D eigenvalue weighted by molar-refractivity contribution is -0.142. The first-order chi connectivity index (χ1) is 19.2. The van der Waals surface area contributed by atoms with Gasteiger partial charge in [0.2, 0.25) is 5.91 Å². The number of anilines is 1. The topological polar surface area (TPSA) is 100 Å². The van der Waals surface area contributed by atoms with Crippen molar-refractivity contribution in [3.63, 3.8) is 0 Å². The monoisotopic (exact) mass is 565 g/mol. The number of benzene rings is 2. The molecule has 3 aromatic rings. The van der Waals surface area contributed by atoms with E-state index >= 15 is 4.39 Å². The third-order valence-corrected chi connectivity index (χ3v) is 7.65. The first-order valence-corrected chi connectivity index (χ1v) is 13.6. The Balaban J connectivity index is 1.27. The Morgan fingerprint density at radius 1 is 1.15 bits per heavy atom. The van der Waals surface area contributed by atoms with Gasteiger partial charge in [-0.2, -0.15) is 0 Å². The van der Waals surface area contributed by atoms with E-state index in [0.29, 0.717) is 60.7 Å². The third kappa shape index (κ3) is 5.65. The highest BCUT2D eigenvalue weighted by atomic mass is 35.5. The molecular weight excluding hydrogens is 537 g/mol. The normalized spacial score (nSPS) is 16.4. The van der Waals surface area contributed by atoms with Gasteiger partial charge in [0.1, 0.15) is 18.2 Å².